The standard InChI is InChI=1S/C18H24N4O3/c1-11-6-14(7-16-15(11)8-19-21-16)20-17(23)22-9-12(2)25-18(10-22)4-5-24-13(18)3/h6-8,12-13H,4-5,9-10H2,1-3H3,(H,19,21)(H,20,23)/t12-,13+,18+/m0/s1. The van der Waals surface area contributed by atoms with Crippen molar-refractivity contribution >= 4 is 22.6 Å². The van der Waals surface area contributed by atoms with Gasteiger partial charge in [-0.15, -0.1) is 0 Å². The summed E-state index contributed by atoms with van der Waals surface area (Å²) < 4.78 is 11.9. The van der Waals surface area contributed by atoms with E-state index in [4.69, 9.17) is 9.47 Å². The lowest BCUT2D eigenvalue weighted by Crippen LogP contribution is -2.60. The fourth-order valence-electron chi connectivity index (χ4n) is 3.96. The van der Waals surface area contributed by atoms with Gasteiger partial charge in [-0.25, -0.2) is 4.79 Å². The molecule has 3 atom stereocenters. The minimum atomic E-state index is -0.391. The van der Waals surface area contributed by atoms with E-state index < -0.39 is 5.60 Å². The Morgan fingerprint density at radius 3 is 3.04 bits per heavy atom. The van der Waals surface area contributed by atoms with Gasteiger partial charge in [0.25, 0.3) is 0 Å². The monoisotopic (exact) mass is 344 g/mol. The number of hydrogen-bond donors (Lipinski definition) is 2. The summed E-state index contributed by atoms with van der Waals surface area (Å²) in [5, 5.41) is 11.1. The molecule has 0 aliphatic carbocycles. The molecular weight excluding hydrogens is 320 g/mol. The Balaban J connectivity index is 1.53. The number of nitrogens with one attached hydrogen (secondary N) is 2. The summed E-state index contributed by atoms with van der Waals surface area (Å²) in [6.45, 7) is 7.85. The van der Waals surface area contributed by atoms with Crippen molar-refractivity contribution in [1.82, 2.24) is 15.1 Å². The van der Waals surface area contributed by atoms with Gasteiger partial charge in [-0.2, -0.15) is 5.10 Å². The van der Waals surface area contributed by atoms with Gasteiger partial charge in [-0.1, -0.05) is 0 Å². The maximum Gasteiger partial charge on any atom is 0.322 e. The van der Waals surface area contributed by atoms with Crippen LogP contribution in [0.1, 0.15) is 25.8 Å². The molecule has 2 N–H and O–H groups in total. The number of nitrogens with zero attached hydrogens (tertiary/aromatic N) is 2. The van der Waals surface area contributed by atoms with Crippen molar-refractivity contribution in [3.63, 3.8) is 0 Å². The van der Waals surface area contributed by atoms with Crippen molar-refractivity contribution in [3.05, 3.63) is 23.9 Å². The van der Waals surface area contributed by atoms with Gasteiger partial charge in [-0.3, -0.25) is 5.10 Å². The molecule has 0 unspecified atom stereocenters. The van der Waals surface area contributed by atoms with Crippen LogP contribution in [0.15, 0.2) is 18.3 Å². The summed E-state index contributed by atoms with van der Waals surface area (Å²) in [6.07, 6.45) is 2.60. The number of hydrogen-bond acceptors (Lipinski definition) is 4. The third kappa shape index (κ3) is 2.87. The molecule has 0 radical (unpaired) electrons. The van der Waals surface area contributed by atoms with E-state index in [0.29, 0.717) is 19.7 Å². The van der Waals surface area contributed by atoms with Gasteiger partial charge in [-0.05, 0) is 38.5 Å². The highest BCUT2D eigenvalue weighted by molar-refractivity contribution is 5.93. The molecule has 2 aromatic rings. The number of ether oxygens (including phenoxy) is 2. The maximum absolute atomic E-state index is 12.8. The minimum Gasteiger partial charge on any atom is -0.375 e. The number of aromatic nitrogens is 2. The number of carbonyl (C=O) groups is 1. The minimum absolute atomic E-state index is 0.00543. The highest BCUT2D eigenvalue weighted by atomic mass is 16.6. The van der Waals surface area contributed by atoms with Crippen LogP contribution in [0.5, 0.6) is 0 Å². The molecule has 2 saturated heterocycles. The second-order valence-electron chi connectivity index (χ2n) is 7.19. The normalized spacial score (nSPS) is 29.5. The third-order valence-corrected chi connectivity index (χ3v) is 5.31. The van der Waals surface area contributed by atoms with Gasteiger partial charge >= 0.3 is 6.03 Å². The summed E-state index contributed by atoms with van der Waals surface area (Å²) in [5.41, 5.74) is 2.37. The van der Waals surface area contributed by atoms with Crippen LogP contribution in [0.2, 0.25) is 0 Å². The first kappa shape index (κ1) is 16.4. The van der Waals surface area contributed by atoms with Crippen LogP contribution in [0, 0.1) is 6.92 Å². The molecule has 0 bridgehead atoms. The van der Waals surface area contributed by atoms with E-state index in [0.717, 1.165) is 28.6 Å². The molecular formula is C18H24N4O3. The number of urea groups is 1. The number of aromatic amines is 1. The molecule has 2 fully saturated rings. The predicted octanol–water partition coefficient (Wildman–Crippen LogP) is 2.67. The van der Waals surface area contributed by atoms with E-state index in [-0.39, 0.29) is 18.2 Å². The molecule has 2 aliphatic rings. The summed E-state index contributed by atoms with van der Waals surface area (Å²) in [5.74, 6) is 0. The SMILES string of the molecule is Cc1cc(NC(=O)N2C[C@H](C)O[C@]3(CCO[C@@H]3C)C2)cc2[nH]ncc12. The zero-order valence-electron chi connectivity index (χ0n) is 14.8. The smallest absolute Gasteiger partial charge is 0.322 e. The van der Waals surface area contributed by atoms with Crippen molar-refractivity contribution < 1.29 is 14.3 Å². The van der Waals surface area contributed by atoms with E-state index in [9.17, 15) is 4.79 Å². The topological polar surface area (TPSA) is 79.5 Å². The number of fused-ring (bicyclic) bond motifs is 1. The fourth-order valence-corrected chi connectivity index (χ4v) is 3.96. The van der Waals surface area contributed by atoms with E-state index in [1.807, 2.05) is 37.8 Å². The first-order valence-electron chi connectivity index (χ1n) is 8.76. The van der Waals surface area contributed by atoms with Gasteiger partial charge < -0.3 is 19.7 Å². The highest BCUT2D eigenvalue weighted by Crippen LogP contribution is 2.35. The Labute approximate surface area is 146 Å². The van der Waals surface area contributed by atoms with Gasteiger partial charge in [0, 0.05) is 30.6 Å². The Kier molecular flexibility index (Phi) is 3.92. The van der Waals surface area contributed by atoms with Crippen LogP contribution in [0.3, 0.4) is 0 Å². The van der Waals surface area contributed by atoms with Crippen LogP contribution in [-0.4, -0.2) is 58.6 Å². The molecule has 1 aromatic carbocycles. The molecule has 7 nitrogen and oxygen atoms in total. The first-order chi connectivity index (χ1) is 12.0. The van der Waals surface area contributed by atoms with E-state index >= 15 is 0 Å². The van der Waals surface area contributed by atoms with Crippen molar-refractivity contribution in [1.29, 1.82) is 0 Å². The Bertz CT molecular complexity index is 805. The second kappa shape index (κ2) is 6.00. The number of benzene rings is 1. The van der Waals surface area contributed by atoms with E-state index in [1.54, 1.807) is 6.20 Å². The molecule has 0 saturated carbocycles. The number of aryl methyl sites for hydroxylation is 1. The Morgan fingerprint density at radius 1 is 1.44 bits per heavy atom. The number of carbonyl (C=O) groups excluding carboxylic acids is 1. The second-order valence-corrected chi connectivity index (χ2v) is 7.19. The predicted molar refractivity (Wildman–Crippen MR) is 94.7 cm³/mol. The van der Waals surface area contributed by atoms with Gasteiger partial charge in [0.05, 0.1) is 30.5 Å². The van der Waals surface area contributed by atoms with E-state index in [1.165, 1.54) is 0 Å². The maximum atomic E-state index is 12.8. The fraction of sp³-hybridized carbons (Fsp3) is 0.556. The summed E-state index contributed by atoms with van der Waals surface area (Å²) in [4.78, 5) is 14.7. The zero-order valence-corrected chi connectivity index (χ0v) is 14.8. The summed E-state index contributed by atoms with van der Waals surface area (Å²) in [7, 11) is 0. The lowest BCUT2D eigenvalue weighted by molar-refractivity contribution is -0.159. The number of H-pyrrole nitrogens is 1. The Hall–Kier alpha value is -2.12. The quantitative estimate of drug-likeness (QED) is 0.833. The highest BCUT2D eigenvalue weighted by Gasteiger charge is 2.48. The third-order valence-electron chi connectivity index (χ3n) is 5.31. The molecule has 2 aliphatic heterocycles. The average molecular weight is 344 g/mol. The molecule has 2 amide bonds. The van der Waals surface area contributed by atoms with Crippen LogP contribution in [0.25, 0.3) is 10.9 Å². The lowest BCUT2D eigenvalue weighted by atomic mass is 9.93. The zero-order chi connectivity index (χ0) is 17.6. The number of morpholine rings is 1. The number of rotatable bonds is 1. The van der Waals surface area contributed by atoms with Gasteiger partial charge in [0.2, 0.25) is 0 Å². The van der Waals surface area contributed by atoms with Crippen LogP contribution in [0.4, 0.5) is 10.5 Å². The largest absolute Gasteiger partial charge is 0.375 e. The Morgan fingerprint density at radius 2 is 2.28 bits per heavy atom. The van der Waals surface area contributed by atoms with Gasteiger partial charge in [0.1, 0.15) is 5.60 Å². The van der Waals surface area contributed by atoms with Crippen molar-refractivity contribution in [2.24, 2.45) is 0 Å². The van der Waals surface area contributed by atoms with Gasteiger partial charge in [0.15, 0.2) is 0 Å². The molecule has 134 valence electrons. The van der Waals surface area contributed by atoms with Crippen LogP contribution in [-0.2, 0) is 9.47 Å². The summed E-state index contributed by atoms with van der Waals surface area (Å²) in [6, 6.07) is 3.78. The molecule has 7 heteroatoms. The average Bonchev–Trinajstić information content (AvgIpc) is 3.15. The molecule has 1 aromatic heterocycles. The van der Waals surface area contributed by atoms with E-state index in [2.05, 4.69) is 15.5 Å². The first-order valence-corrected chi connectivity index (χ1v) is 8.76. The molecule has 25 heavy (non-hydrogen) atoms. The van der Waals surface area contributed by atoms with Crippen molar-refractivity contribution in [2.75, 3.05) is 25.0 Å². The van der Waals surface area contributed by atoms with Crippen LogP contribution < -0.4 is 5.32 Å². The van der Waals surface area contributed by atoms with Crippen molar-refractivity contribution in [3.8, 4) is 0 Å². The lowest BCUT2D eigenvalue weighted by Gasteiger charge is -2.44. The van der Waals surface area contributed by atoms with Crippen LogP contribution >= 0.6 is 0 Å². The molecule has 1 spiro atoms. The number of amides is 2. The molecule has 4 rings (SSSR count). The summed E-state index contributed by atoms with van der Waals surface area (Å²) >= 11 is 0. The number of anilines is 1. The van der Waals surface area contributed by atoms with Crippen molar-refractivity contribution in [2.45, 2.75) is 45.0 Å². The molecule has 3 heterocycles.